The number of nitriles is 1. The zero-order chi connectivity index (χ0) is 17.4. The minimum Gasteiger partial charge on any atom is -0.487 e. The number of para-hydroxylation sites is 2. The quantitative estimate of drug-likeness (QED) is 0.847. The minimum atomic E-state index is -0.181. The number of nitrogens with zero attached hydrogens (tertiary/aromatic N) is 3. The molecule has 2 bridgehead atoms. The monoisotopic (exact) mass is 333 g/mol. The van der Waals surface area contributed by atoms with E-state index >= 15 is 0 Å². The number of hydrogen-bond acceptors (Lipinski definition) is 4. The Hall–Kier alpha value is -2.84. The lowest BCUT2D eigenvalue weighted by Crippen LogP contribution is -2.44. The molecule has 0 aliphatic carbocycles. The molecular formula is C20H19N3O2. The molecule has 1 fully saturated rings. The fourth-order valence-electron chi connectivity index (χ4n) is 3.65. The van der Waals surface area contributed by atoms with Gasteiger partial charge in [0.25, 0.3) is 0 Å². The molecule has 2 unspecified atom stereocenters. The van der Waals surface area contributed by atoms with E-state index in [9.17, 15) is 4.79 Å². The van der Waals surface area contributed by atoms with Crippen LogP contribution in [0.25, 0.3) is 0 Å². The highest BCUT2D eigenvalue weighted by atomic mass is 16.5. The van der Waals surface area contributed by atoms with Crippen LogP contribution in [0.5, 0.6) is 5.75 Å². The molecule has 0 radical (unpaired) electrons. The number of ether oxygens (including phenoxy) is 1. The summed E-state index contributed by atoms with van der Waals surface area (Å²) in [6.07, 6.45) is 0.718. The van der Waals surface area contributed by atoms with Crippen molar-refractivity contribution in [2.24, 2.45) is 0 Å². The Morgan fingerprint density at radius 1 is 1.20 bits per heavy atom. The molecule has 4 rings (SSSR count). The van der Waals surface area contributed by atoms with E-state index in [1.165, 1.54) is 0 Å². The van der Waals surface area contributed by atoms with Crippen LogP contribution in [0.1, 0.15) is 17.5 Å². The molecule has 126 valence electrons. The highest BCUT2D eigenvalue weighted by Gasteiger charge is 2.41. The van der Waals surface area contributed by atoms with Crippen molar-refractivity contribution in [2.45, 2.75) is 25.1 Å². The van der Waals surface area contributed by atoms with E-state index in [1.54, 1.807) is 4.90 Å². The smallest absolute Gasteiger partial charge is 0.244 e. The van der Waals surface area contributed by atoms with Gasteiger partial charge in [-0.3, -0.25) is 9.69 Å². The summed E-state index contributed by atoms with van der Waals surface area (Å²) < 4.78 is 6.17. The topological polar surface area (TPSA) is 56.6 Å². The summed E-state index contributed by atoms with van der Waals surface area (Å²) in [4.78, 5) is 16.9. The Kier molecular flexibility index (Phi) is 3.90. The molecule has 1 amide bonds. The van der Waals surface area contributed by atoms with Crippen molar-refractivity contribution in [3.05, 3.63) is 59.7 Å². The van der Waals surface area contributed by atoms with Crippen LogP contribution in [-0.4, -0.2) is 36.5 Å². The number of carbonyl (C=O) groups is 1. The maximum atomic E-state index is 13.0. The zero-order valence-electron chi connectivity index (χ0n) is 14.1. The van der Waals surface area contributed by atoms with Crippen LogP contribution in [-0.2, 0) is 11.3 Å². The molecule has 2 aromatic rings. The number of anilines is 1. The third-order valence-corrected chi connectivity index (χ3v) is 4.97. The summed E-state index contributed by atoms with van der Waals surface area (Å²) >= 11 is 0. The number of carbonyl (C=O) groups excluding carboxylic acids is 1. The van der Waals surface area contributed by atoms with E-state index in [2.05, 4.69) is 11.0 Å². The van der Waals surface area contributed by atoms with Gasteiger partial charge in [0.15, 0.2) is 0 Å². The summed E-state index contributed by atoms with van der Waals surface area (Å²) in [5, 5.41) is 8.92. The molecule has 0 aromatic heterocycles. The molecule has 0 saturated carbocycles. The van der Waals surface area contributed by atoms with E-state index in [4.69, 9.17) is 10.00 Å². The normalized spacial score (nSPS) is 22.6. The van der Waals surface area contributed by atoms with Crippen LogP contribution < -0.4 is 9.64 Å². The van der Waals surface area contributed by atoms with E-state index in [-0.39, 0.29) is 18.1 Å². The van der Waals surface area contributed by atoms with Crippen molar-refractivity contribution in [3.8, 4) is 11.8 Å². The van der Waals surface area contributed by atoms with E-state index in [0.717, 1.165) is 23.5 Å². The fourth-order valence-corrected chi connectivity index (χ4v) is 3.65. The van der Waals surface area contributed by atoms with Crippen molar-refractivity contribution in [1.82, 2.24) is 4.90 Å². The first-order chi connectivity index (χ1) is 12.2. The summed E-state index contributed by atoms with van der Waals surface area (Å²) in [5.74, 6) is 0.869. The van der Waals surface area contributed by atoms with Crippen LogP contribution in [0, 0.1) is 11.3 Å². The number of rotatable bonds is 2. The van der Waals surface area contributed by atoms with Crippen molar-refractivity contribution < 1.29 is 9.53 Å². The number of amides is 1. The van der Waals surface area contributed by atoms with Gasteiger partial charge in [-0.05, 0) is 29.8 Å². The molecule has 25 heavy (non-hydrogen) atoms. The van der Waals surface area contributed by atoms with Gasteiger partial charge in [0.05, 0.1) is 23.4 Å². The third kappa shape index (κ3) is 2.86. The highest BCUT2D eigenvalue weighted by molar-refractivity contribution is 5.98. The first-order valence-corrected chi connectivity index (χ1v) is 8.42. The highest BCUT2D eigenvalue weighted by Crippen LogP contribution is 2.35. The Balaban J connectivity index is 1.59. The Morgan fingerprint density at radius 2 is 1.96 bits per heavy atom. The van der Waals surface area contributed by atoms with Crippen molar-refractivity contribution in [2.75, 3.05) is 18.5 Å². The molecule has 2 aliphatic rings. The van der Waals surface area contributed by atoms with Gasteiger partial charge in [-0.25, -0.2) is 0 Å². The van der Waals surface area contributed by atoms with Gasteiger partial charge >= 0.3 is 0 Å². The van der Waals surface area contributed by atoms with Crippen LogP contribution in [0.2, 0.25) is 0 Å². The van der Waals surface area contributed by atoms with E-state index in [0.29, 0.717) is 18.5 Å². The summed E-state index contributed by atoms with van der Waals surface area (Å²) in [6.45, 7) is 1.39. The molecule has 0 N–H and O–H groups in total. The molecule has 2 aromatic carbocycles. The van der Waals surface area contributed by atoms with E-state index in [1.807, 2.05) is 55.6 Å². The first-order valence-electron chi connectivity index (χ1n) is 8.42. The van der Waals surface area contributed by atoms with Crippen LogP contribution in [0.15, 0.2) is 48.5 Å². The molecule has 2 atom stereocenters. The second-order valence-electron chi connectivity index (χ2n) is 6.59. The lowest BCUT2D eigenvalue weighted by Gasteiger charge is -2.29. The van der Waals surface area contributed by atoms with Gasteiger partial charge in [0.1, 0.15) is 11.9 Å². The van der Waals surface area contributed by atoms with Crippen molar-refractivity contribution >= 4 is 11.6 Å². The van der Waals surface area contributed by atoms with Crippen LogP contribution in [0.3, 0.4) is 0 Å². The molecule has 5 nitrogen and oxygen atoms in total. The average molecular weight is 333 g/mol. The predicted molar refractivity (Wildman–Crippen MR) is 94.2 cm³/mol. The average Bonchev–Trinajstić information content (AvgIpc) is 3.04. The van der Waals surface area contributed by atoms with Gasteiger partial charge < -0.3 is 9.64 Å². The largest absolute Gasteiger partial charge is 0.487 e. The zero-order valence-corrected chi connectivity index (χ0v) is 14.1. The van der Waals surface area contributed by atoms with Crippen molar-refractivity contribution in [3.63, 3.8) is 0 Å². The van der Waals surface area contributed by atoms with Gasteiger partial charge in [0.2, 0.25) is 5.91 Å². The maximum absolute atomic E-state index is 13.0. The Labute approximate surface area is 147 Å². The number of fused-ring (bicyclic) bond motifs is 3. The molecule has 5 heteroatoms. The summed E-state index contributed by atoms with van der Waals surface area (Å²) in [5.41, 5.74) is 2.56. The molecule has 2 heterocycles. The Bertz CT molecular complexity index is 841. The predicted octanol–water partition coefficient (Wildman–Crippen LogP) is 2.56. The lowest BCUT2D eigenvalue weighted by molar-refractivity contribution is -0.122. The lowest BCUT2D eigenvalue weighted by atomic mass is 10.1. The van der Waals surface area contributed by atoms with Gasteiger partial charge in [0, 0.05) is 26.6 Å². The van der Waals surface area contributed by atoms with Gasteiger partial charge in [-0.1, -0.05) is 24.3 Å². The van der Waals surface area contributed by atoms with Crippen LogP contribution >= 0.6 is 0 Å². The second kappa shape index (κ2) is 6.23. The van der Waals surface area contributed by atoms with Gasteiger partial charge in [-0.15, -0.1) is 0 Å². The van der Waals surface area contributed by atoms with E-state index < -0.39 is 0 Å². The van der Waals surface area contributed by atoms with Crippen molar-refractivity contribution in [1.29, 1.82) is 5.26 Å². The van der Waals surface area contributed by atoms with Gasteiger partial charge in [-0.2, -0.15) is 5.26 Å². The number of benzene rings is 2. The molecule has 0 spiro atoms. The van der Waals surface area contributed by atoms with Crippen LogP contribution in [0.4, 0.5) is 5.69 Å². The summed E-state index contributed by atoms with van der Waals surface area (Å²) in [6, 6.07) is 17.2. The standard InChI is InChI=1S/C20H19N3O2/c1-22-17-4-2-3-5-19(17)25-16-10-18(20(22)24)23(13-16)12-15-8-6-14(11-21)7-9-15/h2-9,16,18H,10,12-13H2,1H3. The number of hydrogen-bond donors (Lipinski definition) is 0. The SMILES string of the molecule is CN1C(=O)C2CC(CN2Cc2ccc(C#N)cc2)Oc2ccccc21. The molecule has 1 saturated heterocycles. The summed E-state index contributed by atoms with van der Waals surface area (Å²) in [7, 11) is 1.81. The first kappa shape index (κ1) is 15.7. The molecule has 2 aliphatic heterocycles. The third-order valence-electron chi connectivity index (χ3n) is 4.97. The Morgan fingerprint density at radius 3 is 2.72 bits per heavy atom. The number of likely N-dealkylation sites (tertiary alicyclic amines) is 1. The number of likely N-dealkylation sites (N-methyl/N-ethyl adjacent to an activating group) is 1. The maximum Gasteiger partial charge on any atom is 0.244 e. The second-order valence-corrected chi connectivity index (χ2v) is 6.59. The minimum absolute atomic E-state index is 0.0159. The fraction of sp³-hybridized carbons (Fsp3) is 0.300. The molecular weight excluding hydrogens is 314 g/mol.